The highest BCUT2D eigenvalue weighted by Gasteiger charge is 2.17. The van der Waals surface area contributed by atoms with E-state index in [9.17, 15) is 4.79 Å². The van der Waals surface area contributed by atoms with Crippen LogP contribution >= 0.6 is 0 Å². The highest BCUT2D eigenvalue weighted by molar-refractivity contribution is 5.25. The molecule has 0 saturated carbocycles. The maximum Gasteiger partial charge on any atom is 0.351 e. The number of nitrogens with two attached hydrogens (primary N) is 1. The molecule has 0 saturated heterocycles. The third-order valence-electron chi connectivity index (χ3n) is 2.10. The van der Waals surface area contributed by atoms with E-state index >= 15 is 0 Å². The summed E-state index contributed by atoms with van der Waals surface area (Å²) in [5.74, 6) is 0.202. The van der Waals surface area contributed by atoms with Gasteiger partial charge in [0.2, 0.25) is 0 Å². The first-order valence-corrected chi connectivity index (χ1v) is 4.50. The van der Waals surface area contributed by atoms with E-state index in [1.54, 1.807) is 12.3 Å². The van der Waals surface area contributed by atoms with Crippen molar-refractivity contribution in [3.63, 3.8) is 0 Å². The monoisotopic (exact) mass is 205 g/mol. The molecule has 2 rings (SSSR count). The zero-order valence-electron chi connectivity index (χ0n) is 8.09. The molecule has 0 amide bonds. The maximum atomic E-state index is 11.5. The molecule has 2 N–H and O–H groups in total. The number of hydrogen-bond donors (Lipinski definition) is 1. The van der Waals surface area contributed by atoms with Crippen LogP contribution in [0.25, 0.3) is 0 Å². The summed E-state index contributed by atoms with van der Waals surface area (Å²) in [4.78, 5) is 15.1. The van der Waals surface area contributed by atoms with Crippen molar-refractivity contribution in [2.24, 2.45) is 0 Å². The molecule has 5 heteroatoms. The molecule has 0 aromatic carbocycles. The molecular weight excluding hydrogens is 194 g/mol. The van der Waals surface area contributed by atoms with Gasteiger partial charge in [-0.1, -0.05) is 18.7 Å². The SMILES string of the molecule is C=C1C=CCO[C@@H]1n1ccc(N)nc1=O. The minimum atomic E-state index is -0.476. The predicted octanol–water partition coefficient (Wildman–Crippen LogP) is 0.467. The number of nitrogens with zero attached hydrogens (tertiary/aromatic N) is 2. The number of hydrogen-bond acceptors (Lipinski definition) is 4. The summed E-state index contributed by atoms with van der Waals surface area (Å²) in [6.07, 6.45) is 4.75. The van der Waals surface area contributed by atoms with Crippen LogP contribution in [-0.2, 0) is 4.74 Å². The molecule has 1 aromatic rings. The Balaban J connectivity index is 2.41. The van der Waals surface area contributed by atoms with E-state index in [0.29, 0.717) is 6.61 Å². The van der Waals surface area contributed by atoms with E-state index < -0.39 is 11.9 Å². The van der Waals surface area contributed by atoms with Gasteiger partial charge in [0.15, 0.2) is 6.23 Å². The average Bonchev–Trinajstić information content (AvgIpc) is 2.20. The Hall–Kier alpha value is -1.88. The third-order valence-corrected chi connectivity index (χ3v) is 2.10. The van der Waals surface area contributed by atoms with Crippen LogP contribution in [0.15, 0.2) is 41.4 Å². The molecule has 2 heterocycles. The molecule has 0 bridgehead atoms. The van der Waals surface area contributed by atoms with Gasteiger partial charge in [-0.25, -0.2) is 4.79 Å². The van der Waals surface area contributed by atoms with Gasteiger partial charge in [0.25, 0.3) is 0 Å². The molecule has 1 atom stereocenters. The van der Waals surface area contributed by atoms with E-state index in [2.05, 4.69) is 11.6 Å². The van der Waals surface area contributed by atoms with Crippen LogP contribution in [0.4, 0.5) is 5.82 Å². The van der Waals surface area contributed by atoms with Crippen LogP contribution in [0.3, 0.4) is 0 Å². The Kier molecular flexibility index (Phi) is 2.39. The largest absolute Gasteiger partial charge is 0.383 e. The molecule has 15 heavy (non-hydrogen) atoms. The van der Waals surface area contributed by atoms with Gasteiger partial charge in [-0.15, -0.1) is 0 Å². The van der Waals surface area contributed by atoms with Crippen LogP contribution < -0.4 is 11.4 Å². The fraction of sp³-hybridized carbons (Fsp3) is 0.200. The Morgan fingerprint density at radius 2 is 2.47 bits per heavy atom. The topological polar surface area (TPSA) is 70.1 Å². The molecule has 78 valence electrons. The van der Waals surface area contributed by atoms with Gasteiger partial charge in [0, 0.05) is 6.20 Å². The quantitative estimate of drug-likeness (QED) is 0.723. The highest BCUT2D eigenvalue weighted by atomic mass is 16.5. The van der Waals surface area contributed by atoms with Gasteiger partial charge in [-0.2, -0.15) is 4.98 Å². The van der Waals surface area contributed by atoms with E-state index in [1.807, 2.05) is 12.2 Å². The zero-order chi connectivity index (χ0) is 10.8. The fourth-order valence-corrected chi connectivity index (χ4v) is 1.40. The summed E-state index contributed by atoms with van der Waals surface area (Å²) in [7, 11) is 0. The first kappa shape index (κ1) is 9.67. The fourth-order valence-electron chi connectivity index (χ4n) is 1.40. The van der Waals surface area contributed by atoms with Crippen LogP contribution in [0.5, 0.6) is 0 Å². The van der Waals surface area contributed by atoms with Crippen molar-refractivity contribution >= 4 is 5.82 Å². The number of anilines is 1. The zero-order valence-corrected chi connectivity index (χ0v) is 8.09. The van der Waals surface area contributed by atoms with Crippen LogP contribution in [0, 0.1) is 0 Å². The molecule has 0 aliphatic carbocycles. The molecule has 0 fully saturated rings. The number of aromatic nitrogens is 2. The summed E-state index contributed by atoms with van der Waals surface area (Å²) in [5, 5.41) is 0. The second kappa shape index (κ2) is 3.70. The molecule has 5 nitrogen and oxygen atoms in total. The summed E-state index contributed by atoms with van der Waals surface area (Å²) >= 11 is 0. The third kappa shape index (κ3) is 1.82. The standard InChI is InChI=1S/C10H11N3O2/c1-7-3-2-6-15-9(7)13-5-4-8(11)12-10(13)14/h2-5,9H,1,6H2,(H2,11,12,14)/t9-/m0/s1. The van der Waals surface area contributed by atoms with E-state index in [1.165, 1.54) is 4.57 Å². The van der Waals surface area contributed by atoms with Gasteiger partial charge < -0.3 is 10.5 Å². The highest BCUT2D eigenvalue weighted by Crippen LogP contribution is 2.20. The molecule has 0 spiro atoms. The molecule has 1 aliphatic heterocycles. The van der Waals surface area contributed by atoms with Gasteiger partial charge >= 0.3 is 5.69 Å². The van der Waals surface area contributed by atoms with Crippen LogP contribution in [0.1, 0.15) is 6.23 Å². The first-order valence-electron chi connectivity index (χ1n) is 4.50. The molecular formula is C10H11N3O2. The maximum absolute atomic E-state index is 11.5. The summed E-state index contributed by atoms with van der Waals surface area (Å²) in [5.41, 5.74) is 5.67. The van der Waals surface area contributed by atoms with Crippen molar-refractivity contribution in [1.29, 1.82) is 0 Å². The van der Waals surface area contributed by atoms with Crippen molar-refractivity contribution in [3.05, 3.63) is 47.1 Å². The predicted molar refractivity (Wildman–Crippen MR) is 56.2 cm³/mol. The number of rotatable bonds is 1. The van der Waals surface area contributed by atoms with Crippen molar-refractivity contribution in [2.45, 2.75) is 6.23 Å². The summed E-state index contributed by atoms with van der Waals surface area (Å²) in [6, 6.07) is 1.55. The molecule has 0 unspecified atom stereocenters. The molecule has 1 aliphatic rings. The Labute approximate surface area is 86.5 Å². The van der Waals surface area contributed by atoms with Crippen molar-refractivity contribution in [2.75, 3.05) is 12.3 Å². The van der Waals surface area contributed by atoms with Crippen molar-refractivity contribution < 1.29 is 4.74 Å². The summed E-state index contributed by atoms with van der Waals surface area (Å²) < 4.78 is 6.76. The molecule has 0 radical (unpaired) electrons. The smallest absolute Gasteiger partial charge is 0.351 e. The normalized spacial score (nSPS) is 20.5. The van der Waals surface area contributed by atoms with Crippen LogP contribution in [-0.4, -0.2) is 16.2 Å². The van der Waals surface area contributed by atoms with Crippen molar-refractivity contribution in [3.8, 4) is 0 Å². The summed E-state index contributed by atoms with van der Waals surface area (Å²) in [6.45, 7) is 4.26. The van der Waals surface area contributed by atoms with Gasteiger partial charge in [-0.3, -0.25) is 4.57 Å². The Morgan fingerprint density at radius 1 is 1.67 bits per heavy atom. The Bertz CT molecular complexity index is 476. The lowest BCUT2D eigenvalue weighted by atomic mass is 10.2. The van der Waals surface area contributed by atoms with Crippen molar-refractivity contribution in [1.82, 2.24) is 9.55 Å². The lowest BCUT2D eigenvalue weighted by Crippen LogP contribution is -2.30. The second-order valence-electron chi connectivity index (χ2n) is 3.21. The van der Waals surface area contributed by atoms with Crippen LogP contribution in [0.2, 0.25) is 0 Å². The lowest BCUT2D eigenvalue weighted by Gasteiger charge is -2.22. The Morgan fingerprint density at radius 3 is 3.13 bits per heavy atom. The van der Waals surface area contributed by atoms with E-state index in [4.69, 9.17) is 10.5 Å². The number of nitrogen functional groups attached to an aromatic ring is 1. The second-order valence-corrected chi connectivity index (χ2v) is 3.21. The molecule has 1 aromatic heterocycles. The van der Waals surface area contributed by atoms with Gasteiger partial charge in [0.05, 0.1) is 6.61 Å². The number of ether oxygens (including phenoxy) is 1. The van der Waals surface area contributed by atoms with E-state index in [0.717, 1.165) is 5.57 Å². The average molecular weight is 205 g/mol. The van der Waals surface area contributed by atoms with Gasteiger partial charge in [-0.05, 0) is 11.6 Å². The first-order chi connectivity index (χ1) is 7.18. The lowest BCUT2D eigenvalue weighted by molar-refractivity contribution is 0.0421. The minimum absolute atomic E-state index is 0.202. The minimum Gasteiger partial charge on any atom is -0.383 e. The van der Waals surface area contributed by atoms with Gasteiger partial charge in [0.1, 0.15) is 5.82 Å². The van der Waals surface area contributed by atoms with E-state index in [-0.39, 0.29) is 5.82 Å².